The maximum atomic E-state index is 13.5. The molecule has 3 aromatic rings. The van der Waals surface area contributed by atoms with Crippen molar-refractivity contribution in [1.29, 1.82) is 0 Å². The predicted molar refractivity (Wildman–Crippen MR) is 115 cm³/mol. The summed E-state index contributed by atoms with van der Waals surface area (Å²) in [5.74, 6) is 0.387. The Hall–Kier alpha value is -3.68. The summed E-state index contributed by atoms with van der Waals surface area (Å²) in [6.45, 7) is 4.85. The van der Waals surface area contributed by atoms with Crippen LogP contribution in [0.5, 0.6) is 0 Å². The molecule has 2 aliphatic rings. The lowest BCUT2D eigenvalue weighted by Gasteiger charge is -2.31. The summed E-state index contributed by atoms with van der Waals surface area (Å²) in [5, 5.41) is 0. The number of amides is 1. The molecule has 8 heteroatoms. The number of aromatic nitrogens is 4. The van der Waals surface area contributed by atoms with Gasteiger partial charge in [-0.1, -0.05) is 13.8 Å². The number of nitrogens with zero attached hydrogens (tertiary/aromatic N) is 6. The van der Waals surface area contributed by atoms with E-state index in [4.69, 9.17) is 4.98 Å². The molecule has 0 fully saturated rings. The molecule has 5 rings (SSSR count). The van der Waals surface area contributed by atoms with Crippen molar-refractivity contribution in [3.05, 3.63) is 65.9 Å². The van der Waals surface area contributed by atoms with Crippen molar-refractivity contribution in [1.82, 2.24) is 24.4 Å². The van der Waals surface area contributed by atoms with Gasteiger partial charge in [-0.3, -0.25) is 14.4 Å². The number of fused-ring (bicyclic) bond motifs is 3. The van der Waals surface area contributed by atoms with E-state index in [2.05, 4.69) is 28.8 Å². The standard InChI is InChI=1S/C23H21FN6O/c1-14(2)18-12-29(13-27-18)21-9-17(15-3-4-20(24)26-10-15)16-6-8-30-19(23(16)28-21)5-7-25-11-22(30)31/h3-5,7,9-10,12-14H,6,8,11H2,1-2H3. The van der Waals surface area contributed by atoms with Crippen LogP contribution in [-0.4, -0.2) is 49.6 Å². The number of halogens is 1. The molecule has 0 radical (unpaired) electrons. The van der Waals surface area contributed by atoms with Crippen LogP contribution in [0, 0.1) is 5.95 Å². The zero-order valence-corrected chi connectivity index (χ0v) is 17.3. The van der Waals surface area contributed by atoms with Crippen LogP contribution in [0.4, 0.5) is 4.39 Å². The predicted octanol–water partition coefficient (Wildman–Crippen LogP) is 3.40. The third kappa shape index (κ3) is 3.43. The number of imidazole rings is 1. The second-order valence-corrected chi connectivity index (χ2v) is 7.92. The summed E-state index contributed by atoms with van der Waals surface area (Å²) >= 11 is 0. The van der Waals surface area contributed by atoms with Crippen molar-refractivity contribution >= 4 is 17.8 Å². The largest absolute Gasteiger partial charge is 0.308 e. The van der Waals surface area contributed by atoms with Gasteiger partial charge in [0.1, 0.15) is 18.7 Å². The Morgan fingerprint density at radius 1 is 1.19 bits per heavy atom. The minimum atomic E-state index is -0.525. The lowest BCUT2D eigenvalue weighted by molar-refractivity contribution is -0.126. The van der Waals surface area contributed by atoms with Gasteiger partial charge < -0.3 is 4.90 Å². The first kappa shape index (κ1) is 19.3. The van der Waals surface area contributed by atoms with E-state index in [0.29, 0.717) is 18.8 Å². The Balaban J connectivity index is 1.73. The molecule has 5 heterocycles. The van der Waals surface area contributed by atoms with Crippen LogP contribution < -0.4 is 0 Å². The van der Waals surface area contributed by atoms with Crippen molar-refractivity contribution in [2.45, 2.75) is 26.2 Å². The summed E-state index contributed by atoms with van der Waals surface area (Å²) in [6, 6.07) is 5.05. The van der Waals surface area contributed by atoms with E-state index in [1.54, 1.807) is 23.5 Å². The van der Waals surface area contributed by atoms with Crippen molar-refractivity contribution in [2.75, 3.05) is 13.1 Å². The van der Waals surface area contributed by atoms with Gasteiger partial charge in [-0.05, 0) is 47.7 Å². The van der Waals surface area contributed by atoms with E-state index < -0.39 is 5.95 Å². The van der Waals surface area contributed by atoms with Crippen LogP contribution >= 0.6 is 0 Å². The lowest BCUT2D eigenvalue weighted by atomic mass is 9.92. The zero-order valence-electron chi connectivity index (χ0n) is 17.3. The van der Waals surface area contributed by atoms with E-state index in [0.717, 1.165) is 33.8 Å². The van der Waals surface area contributed by atoms with Crippen molar-refractivity contribution < 1.29 is 9.18 Å². The topological polar surface area (TPSA) is 76.3 Å². The quantitative estimate of drug-likeness (QED) is 0.613. The normalized spacial score (nSPS) is 15.5. The first-order valence-corrected chi connectivity index (χ1v) is 10.2. The van der Waals surface area contributed by atoms with Crippen LogP contribution in [-0.2, 0) is 11.2 Å². The van der Waals surface area contributed by atoms with Gasteiger partial charge >= 0.3 is 0 Å². The fourth-order valence-corrected chi connectivity index (χ4v) is 3.95. The molecule has 31 heavy (non-hydrogen) atoms. The van der Waals surface area contributed by atoms with E-state index in [1.807, 2.05) is 22.9 Å². The maximum absolute atomic E-state index is 13.5. The number of aliphatic imine (C=N–C) groups is 1. The van der Waals surface area contributed by atoms with Crippen molar-refractivity contribution in [3.8, 4) is 16.9 Å². The van der Waals surface area contributed by atoms with Crippen LogP contribution in [0.25, 0.3) is 22.6 Å². The zero-order chi connectivity index (χ0) is 21.5. The monoisotopic (exact) mass is 416 g/mol. The Morgan fingerprint density at radius 3 is 2.81 bits per heavy atom. The molecule has 0 saturated heterocycles. The van der Waals surface area contributed by atoms with Crippen LogP contribution in [0.2, 0.25) is 0 Å². The van der Waals surface area contributed by atoms with Crippen molar-refractivity contribution in [3.63, 3.8) is 0 Å². The number of rotatable bonds is 3. The number of allylic oxidation sites excluding steroid dienone is 1. The number of carbonyl (C=O) groups excluding carboxylic acids is 1. The summed E-state index contributed by atoms with van der Waals surface area (Å²) < 4.78 is 15.3. The number of hydrogen-bond acceptors (Lipinski definition) is 5. The Labute approximate surface area is 179 Å². The lowest BCUT2D eigenvalue weighted by Crippen LogP contribution is -2.36. The van der Waals surface area contributed by atoms with Crippen LogP contribution in [0.3, 0.4) is 0 Å². The number of carbonyl (C=O) groups is 1. The minimum Gasteiger partial charge on any atom is -0.308 e. The molecular formula is C23H21FN6O. The molecule has 2 aliphatic heterocycles. The molecule has 3 aromatic heterocycles. The molecule has 0 saturated carbocycles. The first-order valence-electron chi connectivity index (χ1n) is 10.2. The van der Waals surface area contributed by atoms with E-state index >= 15 is 0 Å². The molecule has 0 bridgehead atoms. The molecule has 0 unspecified atom stereocenters. The van der Waals surface area contributed by atoms with Gasteiger partial charge in [0.15, 0.2) is 0 Å². The third-order valence-electron chi connectivity index (χ3n) is 5.59. The fraction of sp³-hybridized carbons (Fsp3) is 0.261. The van der Waals surface area contributed by atoms with Gasteiger partial charge in [0.25, 0.3) is 0 Å². The molecular weight excluding hydrogens is 395 g/mol. The van der Waals surface area contributed by atoms with Crippen LogP contribution in [0.15, 0.2) is 48.0 Å². The molecule has 0 aliphatic carbocycles. The van der Waals surface area contributed by atoms with Gasteiger partial charge in [-0.2, -0.15) is 4.39 Å². The highest BCUT2D eigenvalue weighted by molar-refractivity contribution is 5.97. The van der Waals surface area contributed by atoms with Gasteiger partial charge in [-0.15, -0.1) is 0 Å². The molecule has 0 spiro atoms. The van der Waals surface area contributed by atoms with E-state index in [9.17, 15) is 9.18 Å². The van der Waals surface area contributed by atoms with Gasteiger partial charge in [0, 0.05) is 30.7 Å². The van der Waals surface area contributed by atoms with Gasteiger partial charge in [-0.25, -0.2) is 15.0 Å². The molecule has 0 atom stereocenters. The summed E-state index contributed by atoms with van der Waals surface area (Å²) in [5.41, 5.74) is 5.14. The summed E-state index contributed by atoms with van der Waals surface area (Å²) in [7, 11) is 0. The second kappa shape index (κ2) is 7.54. The minimum absolute atomic E-state index is 0.0485. The fourth-order valence-electron chi connectivity index (χ4n) is 3.95. The highest BCUT2D eigenvalue weighted by atomic mass is 19.1. The maximum Gasteiger partial charge on any atom is 0.248 e. The second-order valence-electron chi connectivity index (χ2n) is 7.92. The highest BCUT2D eigenvalue weighted by Gasteiger charge is 2.30. The SMILES string of the molecule is CC(C)c1cn(-c2cc(-c3ccc(F)nc3)c3c(n2)C2=CC=NCC(=O)N2CC3)cn1. The van der Waals surface area contributed by atoms with Gasteiger partial charge in [0.2, 0.25) is 11.9 Å². The average Bonchev–Trinajstić information content (AvgIpc) is 3.19. The van der Waals surface area contributed by atoms with Crippen LogP contribution in [0.1, 0.15) is 36.7 Å². The summed E-state index contributed by atoms with van der Waals surface area (Å²) in [4.78, 5) is 31.7. The first-order chi connectivity index (χ1) is 15.0. The Morgan fingerprint density at radius 2 is 2.06 bits per heavy atom. The average molecular weight is 416 g/mol. The molecule has 156 valence electrons. The molecule has 0 aromatic carbocycles. The van der Waals surface area contributed by atoms with E-state index in [1.165, 1.54) is 12.3 Å². The molecule has 1 amide bonds. The van der Waals surface area contributed by atoms with E-state index in [-0.39, 0.29) is 18.4 Å². The van der Waals surface area contributed by atoms with Crippen molar-refractivity contribution in [2.24, 2.45) is 4.99 Å². The Kier molecular flexibility index (Phi) is 4.69. The molecule has 0 N–H and O–H groups in total. The number of pyridine rings is 2. The Bertz CT molecular complexity index is 1230. The summed E-state index contributed by atoms with van der Waals surface area (Å²) in [6.07, 6.45) is 9.36. The number of hydrogen-bond donors (Lipinski definition) is 0. The third-order valence-corrected chi connectivity index (χ3v) is 5.59. The smallest absolute Gasteiger partial charge is 0.248 e. The molecule has 7 nitrogen and oxygen atoms in total. The van der Waals surface area contributed by atoms with Gasteiger partial charge in [0.05, 0.1) is 17.1 Å². The highest BCUT2D eigenvalue weighted by Crippen LogP contribution is 2.36.